The number of rotatable bonds is 19. The van der Waals surface area contributed by atoms with Crippen molar-refractivity contribution < 1.29 is 38.1 Å². The highest BCUT2D eigenvalue weighted by molar-refractivity contribution is 5.98. The molecule has 10 nitrogen and oxygen atoms in total. The van der Waals surface area contributed by atoms with Gasteiger partial charge in [0.15, 0.2) is 0 Å². The van der Waals surface area contributed by atoms with Gasteiger partial charge in [-0.3, -0.25) is 14.4 Å². The van der Waals surface area contributed by atoms with Crippen LogP contribution in [-0.2, 0) is 22.6 Å². The molecule has 4 rings (SSSR count). The highest BCUT2D eigenvalue weighted by Crippen LogP contribution is 2.25. The first-order valence-corrected chi connectivity index (χ1v) is 17.1. The molecule has 0 aromatic heterocycles. The van der Waals surface area contributed by atoms with Gasteiger partial charge in [0, 0.05) is 23.4 Å². The number of ketones is 1. The van der Waals surface area contributed by atoms with Crippen molar-refractivity contribution >= 4 is 29.3 Å². The van der Waals surface area contributed by atoms with Gasteiger partial charge in [0.05, 0.1) is 39.4 Å². The van der Waals surface area contributed by atoms with E-state index in [4.69, 9.17) is 18.9 Å². The number of amides is 2. The van der Waals surface area contributed by atoms with Gasteiger partial charge in [0.1, 0.15) is 28.8 Å². The van der Waals surface area contributed by atoms with Crippen molar-refractivity contribution in [3.8, 4) is 23.0 Å². The van der Waals surface area contributed by atoms with Crippen molar-refractivity contribution in [2.24, 2.45) is 0 Å². The fourth-order valence-electron chi connectivity index (χ4n) is 5.38. The molecule has 1 N–H and O–H groups in total. The summed E-state index contributed by atoms with van der Waals surface area (Å²) in [5.41, 5.74) is 2.69. The van der Waals surface area contributed by atoms with Crippen LogP contribution in [0.25, 0.3) is 0 Å². The smallest absolute Gasteiger partial charge is 0.343 e. The van der Waals surface area contributed by atoms with E-state index < -0.39 is 5.97 Å². The lowest BCUT2D eigenvalue weighted by Gasteiger charge is -2.22. The molecular formula is C41H46N2O8. The molecule has 0 saturated carbocycles. The van der Waals surface area contributed by atoms with E-state index in [1.165, 1.54) is 38.2 Å². The van der Waals surface area contributed by atoms with Gasteiger partial charge < -0.3 is 29.2 Å². The largest absolute Gasteiger partial charge is 0.497 e. The maximum atomic E-state index is 13.5. The SMILES string of the molecule is CCCCCCCOc1ccc(C(=O)Oc2ccc(CN(CC(C)=O)C(=O)c3ccc(NC(=O)Cc4cc(OC)ccc4OC)cc3)cc2)cc1. The summed E-state index contributed by atoms with van der Waals surface area (Å²) < 4.78 is 22.0. The van der Waals surface area contributed by atoms with Crippen LogP contribution in [0.3, 0.4) is 0 Å². The molecule has 0 bridgehead atoms. The molecule has 268 valence electrons. The second-order valence-corrected chi connectivity index (χ2v) is 12.2. The normalized spacial score (nSPS) is 10.6. The van der Waals surface area contributed by atoms with E-state index in [1.54, 1.807) is 98.1 Å². The Bertz CT molecular complexity index is 1750. The number of benzene rings is 4. The predicted octanol–water partition coefficient (Wildman–Crippen LogP) is 7.68. The average Bonchev–Trinajstić information content (AvgIpc) is 3.13. The fourth-order valence-corrected chi connectivity index (χ4v) is 5.38. The van der Waals surface area contributed by atoms with Gasteiger partial charge in [-0.25, -0.2) is 4.79 Å². The van der Waals surface area contributed by atoms with Crippen LogP contribution in [0.2, 0.25) is 0 Å². The van der Waals surface area contributed by atoms with Gasteiger partial charge in [0.2, 0.25) is 5.91 Å². The summed E-state index contributed by atoms with van der Waals surface area (Å²) in [6, 6.07) is 25.4. The maximum Gasteiger partial charge on any atom is 0.343 e. The van der Waals surface area contributed by atoms with Gasteiger partial charge >= 0.3 is 5.97 Å². The van der Waals surface area contributed by atoms with Crippen molar-refractivity contribution in [1.29, 1.82) is 0 Å². The van der Waals surface area contributed by atoms with Crippen molar-refractivity contribution in [1.82, 2.24) is 4.90 Å². The van der Waals surface area contributed by atoms with Gasteiger partial charge in [-0.1, -0.05) is 44.7 Å². The van der Waals surface area contributed by atoms with Gasteiger partial charge in [0.25, 0.3) is 5.91 Å². The number of unbranched alkanes of at least 4 members (excludes halogenated alkanes) is 4. The zero-order valence-electron chi connectivity index (χ0n) is 29.7. The van der Waals surface area contributed by atoms with Crippen molar-refractivity contribution in [3.63, 3.8) is 0 Å². The fraction of sp³-hybridized carbons (Fsp3) is 0.317. The van der Waals surface area contributed by atoms with E-state index >= 15 is 0 Å². The zero-order valence-corrected chi connectivity index (χ0v) is 29.7. The van der Waals surface area contributed by atoms with Crippen LogP contribution in [0.5, 0.6) is 23.0 Å². The predicted molar refractivity (Wildman–Crippen MR) is 196 cm³/mol. The van der Waals surface area contributed by atoms with Crippen LogP contribution in [0.4, 0.5) is 5.69 Å². The van der Waals surface area contributed by atoms with Gasteiger partial charge in [-0.2, -0.15) is 0 Å². The molecule has 0 radical (unpaired) electrons. The van der Waals surface area contributed by atoms with E-state index in [-0.39, 0.29) is 37.1 Å². The number of carbonyl (C=O) groups is 4. The first kappa shape index (κ1) is 38.2. The van der Waals surface area contributed by atoms with Gasteiger partial charge in [-0.05, 0) is 97.8 Å². The van der Waals surface area contributed by atoms with E-state index in [9.17, 15) is 19.2 Å². The van der Waals surface area contributed by atoms with Gasteiger partial charge in [-0.15, -0.1) is 0 Å². The topological polar surface area (TPSA) is 120 Å². The minimum Gasteiger partial charge on any atom is -0.497 e. The van der Waals surface area contributed by atoms with Crippen LogP contribution >= 0.6 is 0 Å². The second kappa shape index (κ2) is 19.5. The standard InChI is InChI=1S/C41H46N2O8/c1-5-6-7-8-9-24-50-35-20-14-32(15-21-35)41(47)51-36-18-10-30(11-19-36)28-43(27-29(2)44)40(46)31-12-16-34(17-13-31)42-39(45)26-33-25-37(48-3)22-23-38(33)49-4/h10-23,25H,5-9,24,26-28H2,1-4H3,(H,42,45). The molecule has 0 saturated heterocycles. The highest BCUT2D eigenvalue weighted by Gasteiger charge is 2.19. The van der Waals surface area contributed by atoms with Crippen LogP contribution < -0.4 is 24.3 Å². The minimum absolute atomic E-state index is 0.0628. The highest BCUT2D eigenvalue weighted by atomic mass is 16.5. The Labute approximate surface area is 299 Å². The number of nitrogens with zero attached hydrogens (tertiary/aromatic N) is 1. The molecule has 0 aliphatic rings. The van der Waals surface area contributed by atoms with Crippen molar-refractivity contribution in [3.05, 3.63) is 113 Å². The number of carbonyl (C=O) groups excluding carboxylic acids is 4. The molecule has 4 aromatic rings. The number of hydrogen-bond acceptors (Lipinski definition) is 8. The third-order valence-corrected chi connectivity index (χ3v) is 8.07. The van der Waals surface area contributed by atoms with Crippen LogP contribution in [0.15, 0.2) is 91.0 Å². The van der Waals surface area contributed by atoms with E-state index in [2.05, 4.69) is 12.2 Å². The number of anilines is 1. The zero-order chi connectivity index (χ0) is 36.6. The monoisotopic (exact) mass is 694 g/mol. The molecule has 10 heteroatoms. The molecule has 0 heterocycles. The Balaban J connectivity index is 1.31. The molecule has 0 aliphatic carbocycles. The molecule has 0 spiro atoms. The number of nitrogens with one attached hydrogen (secondary N) is 1. The van der Waals surface area contributed by atoms with Crippen LogP contribution in [-0.4, -0.2) is 55.8 Å². The molecule has 0 unspecified atom stereocenters. The maximum absolute atomic E-state index is 13.5. The summed E-state index contributed by atoms with van der Waals surface area (Å²) >= 11 is 0. The van der Waals surface area contributed by atoms with Crippen molar-refractivity contribution in [2.45, 2.75) is 58.9 Å². The lowest BCUT2D eigenvalue weighted by Crippen LogP contribution is -2.34. The quantitative estimate of drug-likeness (QED) is 0.0603. The molecule has 2 amide bonds. The number of ether oxygens (including phenoxy) is 4. The Hall–Kier alpha value is -5.64. The molecule has 51 heavy (non-hydrogen) atoms. The first-order valence-electron chi connectivity index (χ1n) is 17.1. The molecule has 0 atom stereocenters. The summed E-state index contributed by atoms with van der Waals surface area (Å²) in [6.45, 7) is 4.33. The molecule has 0 aliphatic heterocycles. The lowest BCUT2D eigenvalue weighted by atomic mass is 10.1. The minimum atomic E-state index is -0.498. The van der Waals surface area contributed by atoms with E-state index in [0.29, 0.717) is 52.0 Å². The third-order valence-electron chi connectivity index (χ3n) is 8.07. The molecule has 4 aromatic carbocycles. The number of Topliss-reactive ketones (excluding diaryl/α,β-unsaturated/α-hetero) is 1. The van der Waals surface area contributed by atoms with E-state index in [1.807, 2.05) is 0 Å². The summed E-state index contributed by atoms with van der Waals surface area (Å²) in [6.07, 6.45) is 5.86. The first-order chi connectivity index (χ1) is 24.7. The lowest BCUT2D eigenvalue weighted by molar-refractivity contribution is -0.118. The Morgan fingerprint density at radius 3 is 2.00 bits per heavy atom. The van der Waals surface area contributed by atoms with Crippen molar-refractivity contribution in [2.75, 3.05) is 32.7 Å². The summed E-state index contributed by atoms with van der Waals surface area (Å²) in [4.78, 5) is 52.5. The molecular weight excluding hydrogens is 648 g/mol. The third kappa shape index (κ3) is 12.0. The summed E-state index contributed by atoms with van der Waals surface area (Å²) in [5, 5.41) is 2.84. The number of hydrogen-bond donors (Lipinski definition) is 1. The van der Waals surface area contributed by atoms with E-state index in [0.717, 1.165) is 18.4 Å². The Kier molecular flexibility index (Phi) is 14.6. The number of esters is 1. The summed E-state index contributed by atoms with van der Waals surface area (Å²) in [5.74, 6) is 0.966. The number of methoxy groups -OCH3 is 2. The summed E-state index contributed by atoms with van der Waals surface area (Å²) in [7, 11) is 3.09. The van der Waals surface area contributed by atoms with Crippen LogP contribution in [0, 0.1) is 0 Å². The Morgan fingerprint density at radius 2 is 1.35 bits per heavy atom. The average molecular weight is 695 g/mol. The van der Waals surface area contributed by atoms with Crippen LogP contribution in [0.1, 0.15) is 77.8 Å². The second-order valence-electron chi connectivity index (χ2n) is 12.2. The molecule has 0 fully saturated rings. The Morgan fingerprint density at radius 1 is 0.706 bits per heavy atom.